The lowest BCUT2D eigenvalue weighted by atomic mass is 9.92. The van der Waals surface area contributed by atoms with Crippen molar-refractivity contribution >= 4 is 23.3 Å². The molecule has 2 atom stereocenters. The van der Waals surface area contributed by atoms with E-state index in [9.17, 15) is 18.4 Å². The zero-order chi connectivity index (χ0) is 22.4. The van der Waals surface area contributed by atoms with Crippen molar-refractivity contribution in [1.29, 1.82) is 0 Å². The molecule has 1 heterocycles. The minimum absolute atomic E-state index is 0.0500. The summed E-state index contributed by atoms with van der Waals surface area (Å²) < 4.78 is 32.2. The molecule has 3 aliphatic rings. The van der Waals surface area contributed by atoms with Crippen LogP contribution in [0.5, 0.6) is 0 Å². The Kier molecular flexibility index (Phi) is 6.00. The largest absolute Gasteiger partial charge is 0.444 e. The first kappa shape index (κ1) is 22.4. The molecule has 0 spiro atoms. The fourth-order valence-corrected chi connectivity index (χ4v) is 4.86. The van der Waals surface area contributed by atoms with Crippen LogP contribution >= 0.6 is 11.3 Å². The highest BCUT2D eigenvalue weighted by atomic mass is 32.1. The molecule has 0 radical (unpaired) electrons. The van der Waals surface area contributed by atoms with Gasteiger partial charge in [-0.1, -0.05) is 0 Å². The Hall–Kier alpha value is -1.77. The molecule has 2 amide bonds. The summed E-state index contributed by atoms with van der Waals surface area (Å²) in [5, 5.41) is 5.07. The fourth-order valence-electron chi connectivity index (χ4n) is 4.08. The average molecular weight is 456 g/mol. The first-order valence-electron chi connectivity index (χ1n) is 11.1. The molecular weight excluding hydrogens is 424 g/mol. The van der Waals surface area contributed by atoms with Gasteiger partial charge in [0.1, 0.15) is 5.60 Å². The Bertz CT molecular complexity index is 824. The minimum Gasteiger partial charge on any atom is -0.444 e. The molecule has 1 aromatic heterocycles. The van der Waals surface area contributed by atoms with E-state index in [0.717, 1.165) is 25.0 Å². The van der Waals surface area contributed by atoms with Crippen molar-refractivity contribution in [3.63, 3.8) is 0 Å². The fraction of sp³-hybridized carbons (Fsp3) is 0.773. The molecule has 0 aliphatic heterocycles. The number of rotatable bonds is 6. The first-order chi connectivity index (χ1) is 14.5. The summed E-state index contributed by atoms with van der Waals surface area (Å²) in [5.74, 6) is -2.26. The van der Waals surface area contributed by atoms with Gasteiger partial charge >= 0.3 is 6.09 Å². The van der Waals surface area contributed by atoms with Gasteiger partial charge in [0.2, 0.25) is 5.92 Å². The van der Waals surface area contributed by atoms with Gasteiger partial charge in [-0.15, -0.1) is 11.3 Å². The van der Waals surface area contributed by atoms with E-state index in [0.29, 0.717) is 17.5 Å². The average Bonchev–Trinajstić information content (AvgIpc) is 3.58. The van der Waals surface area contributed by atoms with Gasteiger partial charge in [-0.3, -0.25) is 4.79 Å². The maximum Gasteiger partial charge on any atom is 0.410 e. The van der Waals surface area contributed by atoms with E-state index >= 15 is 0 Å². The third-order valence-corrected chi connectivity index (χ3v) is 6.94. The van der Waals surface area contributed by atoms with Gasteiger partial charge < -0.3 is 15.0 Å². The quantitative estimate of drug-likeness (QED) is 0.659. The number of ether oxygens (including phenoxy) is 1. The van der Waals surface area contributed by atoms with Crippen molar-refractivity contribution in [3.05, 3.63) is 16.1 Å². The summed E-state index contributed by atoms with van der Waals surface area (Å²) in [6, 6.07) is -0.177. The smallest absolute Gasteiger partial charge is 0.410 e. The summed E-state index contributed by atoms with van der Waals surface area (Å²) in [4.78, 5) is 31.6. The van der Waals surface area contributed by atoms with Crippen molar-refractivity contribution in [2.45, 2.75) is 95.2 Å². The third-order valence-electron chi connectivity index (χ3n) is 6.09. The monoisotopic (exact) mass is 455 g/mol. The molecule has 1 N–H and O–H groups in total. The molecule has 4 rings (SSSR count). The predicted molar refractivity (Wildman–Crippen MR) is 114 cm³/mol. The van der Waals surface area contributed by atoms with Gasteiger partial charge in [0.05, 0.1) is 5.69 Å². The van der Waals surface area contributed by atoms with Crippen LogP contribution in [0.2, 0.25) is 0 Å². The Labute approximate surface area is 185 Å². The number of halogens is 2. The zero-order valence-corrected chi connectivity index (χ0v) is 19.1. The molecule has 3 saturated carbocycles. The van der Waals surface area contributed by atoms with Crippen LogP contribution in [0.1, 0.15) is 87.1 Å². The van der Waals surface area contributed by atoms with Gasteiger partial charge in [0, 0.05) is 42.8 Å². The van der Waals surface area contributed by atoms with E-state index in [4.69, 9.17) is 4.74 Å². The van der Waals surface area contributed by atoms with Crippen LogP contribution in [-0.4, -0.2) is 52.0 Å². The van der Waals surface area contributed by atoms with E-state index < -0.39 is 11.5 Å². The summed E-state index contributed by atoms with van der Waals surface area (Å²) in [7, 11) is 0. The van der Waals surface area contributed by atoms with Gasteiger partial charge in [-0.2, -0.15) is 0 Å². The summed E-state index contributed by atoms with van der Waals surface area (Å²) in [5.41, 5.74) is 0.276. The molecule has 3 aliphatic carbocycles. The Morgan fingerprint density at radius 2 is 1.94 bits per heavy atom. The number of nitrogens with zero attached hydrogens (tertiary/aromatic N) is 2. The second-order valence-corrected chi connectivity index (χ2v) is 11.0. The van der Waals surface area contributed by atoms with Gasteiger partial charge in [0.25, 0.3) is 5.91 Å². The highest BCUT2D eigenvalue weighted by Gasteiger charge is 2.48. The van der Waals surface area contributed by atoms with Crippen LogP contribution in [0.25, 0.3) is 0 Å². The molecule has 9 heteroatoms. The SMILES string of the molecule is CC(C)(C)OC(=O)N(CC1CC1)[C@@H]1C[C@H]1c1csc(C(=O)NC2CCC(F)(F)CC2)n1. The second-order valence-electron chi connectivity index (χ2n) is 10.2. The number of hydrogen-bond donors (Lipinski definition) is 1. The van der Waals surface area contributed by atoms with Crippen LogP contribution in [0.15, 0.2) is 5.38 Å². The lowest BCUT2D eigenvalue weighted by Gasteiger charge is -2.28. The van der Waals surface area contributed by atoms with Crippen molar-refractivity contribution in [2.75, 3.05) is 6.54 Å². The highest BCUT2D eigenvalue weighted by Crippen LogP contribution is 2.47. The van der Waals surface area contributed by atoms with Gasteiger partial charge in [-0.05, 0) is 58.8 Å². The van der Waals surface area contributed by atoms with Crippen LogP contribution in [0.4, 0.5) is 13.6 Å². The number of hydrogen-bond acceptors (Lipinski definition) is 5. The van der Waals surface area contributed by atoms with E-state index in [1.807, 2.05) is 31.1 Å². The van der Waals surface area contributed by atoms with Gasteiger partial charge in [0.15, 0.2) is 5.01 Å². The first-order valence-corrected chi connectivity index (χ1v) is 12.0. The standard InChI is InChI=1S/C22H31F2N3O3S/c1-21(2,3)30-20(29)27(11-13-4-5-13)17-10-15(17)16-12-31-19(26-16)18(28)25-14-6-8-22(23,24)9-7-14/h12-15,17H,4-11H2,1-3H3,(H,25,28)/t15-,17+/m0/s1. The number of carbonyl (C=O) groups excluding carboxylic acids is 2. The van der Waals surface area contributed by atoms with E-state index in [2.05, 4.69) is 10.3 Å². The van der Waals surface area contributed by atoms with Gasteiger partial charge in [-0.25, -0.2) is 18.6 Å². The minimum atomic E-state index is -2.61. The number of nitrogens with one attached hydrogen (secondary N) is 1. The number of alkyl halides is 2. The zero-order valence-electron chi connectivity index (χ0n) is 18.3. The van der Waals surface area contributed by atoms with E-state index in [-0.39, 0.29) is 55.7 Å². The predicted octanol–water partition coefficient (Wildman–Crippen LogP) is 4.95. The van der Waals surface area contributed by atoms with Crippen molar-refractivity contribution < 1.29 is 23.1 Å². The molecular formula is C22H31F2N3O3S. The summed E-state index contributed by atoms with van der Waals surface area (Å²) >= 11 is 1.27. The van der Waals surface area contributed by atoms with E-state index in [1.165, 1.54) is 11.3 Å². The summed E-state index contributed by atoms with van der Waals surface area (Å²) in [6.45, 7) is 6.30. The van der Waals surface area contributed by atoms with Crippen LogP contribution in [0, 0.1) is 5.92 Å². The van der Waals surface area contributed by atoms with Crippen LogP contribution in [-0.2, 0) is 4.74 Å². The maximum absolute atomic E-state index is 13.3. The molecule has 6 nitrogen and oxygen atoms in total. The maximum atomic E-state index is 13.3. The van der Waals surface area contributed by atoms with Crippen LogP contribution < -0.4 is 5.32 Å². The third kappa shape index (κ3) is 5.93. The Morgan fingerprint density at radius 1 is 1.26 bits per heavy atom. The molecule has 0 saturated heterocycles. The van der Waals surface area contributed by atoms with Crippen LogP contribution in [0.3, 0.4) is 0 Å². The number of aromatic nitrogens is 1. The summed E-state index contributed by atoms with van der Waals surface area (Å²) in [6.07, 6.45) is 3.01. The molecule has 0 aromatic carbocycles. The second kappa shape index (κ2) is 8.30. The van der Waals surface area contributed by atoms with Crippen molar-refractivity contribution in [1.82, 2.24) is 15.2 Å². The highest BCUT2D eigenvalue weighted by molar-refractivity contribution is 7.11. The molecule has 1 aromatic rings. The molecule has 3 fully saturated rings. The molecule has 172 valence electrons. The molecule has 0 unspecified atom stereocenters. The Balaban J connectivity index is 1.34. The van der Waals surface area contributed by atoms with Crippen molar-refractivity contribution in [3.8, 4) is 0 Å². The molecule has 0 bridgehead atoms. The number of thiazole rings is 1. The Morgan fingerprint density at radius 3 is 2.55 bits per heavy atom. The van der Waals surface area contributed by atoms with Crippen molar-refractivity contribution in [2.24, 2.45) is 5.92 Å². The number of amides is 2. The lowest BCUT2D eigenvalue weighted by Crippen LogP contribution is -2.40. The normalized spacial score (nSPS) is 25.7. The molecule has 31 heavy (non-hydrogen) atoms. The lowest BCUT2D eigenvalue weighted by molar-refractivity contribution is -0.0399. The topological polar surface area (TPSA) is 71.5 Å². The number of carbonyl (C=O) groups is 2. The van der Waals surface area contributed by atoms with E-state index in [1.54, 1.807) is 0 Å².